The summed E-state index contributed by atoms with van der Waals surface area (Å²) >= 11 is 0. The maximum Gasteiger partial charge on any atom is 0.251 e. The molecule has 2 aromatic carbocycles. The largest absolute Gasteiger partial charge is 0.357 e. The highest BCUT2D eigenvalue weighted by atomic mass is 127. The number of rotatable bonds is 7. The quantitative estimate of drug-likeness (QED) is 0.321. The molecule has 2 aromatic rings. The molecule has 7 heteroatoms. The molecule has 0 saturated carbocycles. The van der Waals surface area contributed by atoms with Crippen LogP contribution in [0.1, 0.15) is 35.3 Å². The number of hydrogen-bond acceptors (Lipinski definition) is 2. The number of hydrogen-bond donors (Lipinski definition) is 3. The SMILES string of the molecule is CCNC(=O)c1cccc(CNC(=NCc2cccc(F)c2)NCC)c1.I. The van der Waals surface area contributed by atoms with Crippen molar-refractivity contribution >= 4 is 35.8 Å². The number of halogens is 2. The molecule has 0 bridgehead atoms. The van der Waals surface area contributed by atoms with Gasteiger partial charge in [0.1, 0.15) is 5.82 Å². The van der Waals surface area contributed by atoms with E-state index in [4.69, 9.17) is 0 Å². The van der Waals surface area contributed by atoms with Crippen molar-refractivity contribution in [3.63, 3.8) is 0 Å². The highest BCUT2D eigenvalue weighted by molar-refractivity contribution is 14.0. The highest BCUT2D eigenvalue weighted by Gasteiger charge is 2.05. The number of benzene rings is 2. The predicted octanol–water partition coefficient (Wildman–Crippen LogP) is 3.45. The van der Waals surface area contributed by atoms with E-state index in [-0.39, 0.29) is 35.7 Å². The van der Waals surface area contributed by atoms with Gasteiger partial charge >= 0.3 is 0 Å². The van der Waals surface area contributed by atoms with Gasteiger partial charge in [0.25, 0.3) is 5.91 Å². The monoisotopic (exact) mass is 484 g/mol. The standard InChI is InChI=1S/C20H25FN4O.HI/c1-3-22-19(26)17-9-5-7-15(11-17)13-24-20(23-4-2)25-14-16-8-6-10-18(21)12-16;/h5-12H,3-4,13-14H2,1-2H3,(H,22,26)(H2,23,24,25);1H. The minimum atomic E-state index is -0.266. The minimum Gasteiger partial charge on any atom is -0.357 e. The average Bonchev–Trinajstić information content (AvgIpc) is 2.64. The first kappa shape index (κ1) is 22.9. The second-order valence-corrected chi connectivity index (χ2v) is 5.74. The number of guanidine groups is 1. The van der Waals surface area contributed by atoms with Gasteiger partial charge in [-0.3, -0.25) is 4.79 Å². The van der Waals surface area contributed by atoms with E-state index < -0.39 is 0 Å². The van der Waals surface area contributed by atoms with Crippen LogP contribution in [0.3, 0.4) is 0 Å². The van der Waals surface area contributed by atoms with Crippen LogP contribution in [0.2, 0.25) is 0 Å². The summed E-state index contributed by atoms with van der Waals surface area (Å²) in [4.78, 5) is 16.4. The third kappa shape index (κ3) is 7.94. The molecule has 0 radical (unpaired) electrons. The molecule has 0 fully saturated rings. The van der Waals surface area contributed by atoms with E-state index in [9.17, 15) is 9.18 Å². The van der Waals surface area contributed by atoms with Crippen molar-refractivity contribution in [1.29, 1.82) is 0 Å². The Balaban J connectivity index is 0.00000364. The van der Waals surface area contributed by atoms with E-state index in [2.05, 4.69) is 20.9 Å². The van der Waals surface area contributed by atoms with Gasteiger partial charge in [-0.25, -0.2) is 9.38 Å². The summed E-state index contributed by atoms with van der Waals surface area (Å²) in [6.45, 7) is 6.09. The molecule has 0 atom stereocenters. The lowest BCUT2D eigenvalue weighted by Gasteiger charge is -2.12. The van der Waals surface area contributed by atoms with E-state index in [0.29, 0.717) is 37.7 Å². The Morgan fingerprint density at radius 1 is 0.963 bits per heavy atom. The van der Waals surface area contributed by atoms with Gasteiger partial charge in [-0.05, 0) is 49.2 Å². The van der Waals surface area contributed by atoms with E-state index >= 15 is 0 Å². The Labute approximate surface area is 176 Å². The number of nitrogens with one attached hydrogen (secondary N) is 3. The molecule has 1 amide bonds. The summed E-state index contributed by atoms with van der Waals surface area (Å²) in [6.07, 6.45) is 0. The first-order chi connectivity index (χ1) is 12.6. The number of nitrogens with zero attached hydrogens (tertiary/aromatic N) is 1. The molecule has 0 aromatic heterocycles. The van der Waals surface area contributed by atoms with Crippen LogP contribution >= 0.6 is 24.0 Å². The Morgan fingerprint density at radius 3 is 2.37 bits per heavy atom. The van der Waals surface area contributed by atoms with Crippen molar-refractivity contribution in [2.75, 3.05) is 13.1 Å². The Kier molecular flexibility index (Phi) is 10.4. The zero-order valence-corrected chi connectivity index (χ0v) is 17.9. The topological polar surface area (TPSA) is 65.5 Å². The number of carbonyl (C=O) groups is 1. The van der Waals surface area contributed by atoms with Crippen molar-refractivity contribution in [1.82, 2.24) is 16.0 Å². The first-order valence-electron chi connectivity index (χ1n) is 8.76. The first-order valence-corrected chi connectivity index (χ1v) is 8.76. The molecule has 0 aliphatic heterocycles. The smallest absolute Gasteiger partial charge is 0.251 e. The van der Waals surface area contributed by atoms with Crippen molar-refractivity contribution in [3.8, 4) is 0 Å². The van der Waals surface area contributed by atoms with Crippen LogP contribution in [0, 0.1) is 5.82 Å². The second kappa shape index (κ2) is 12.3. The van der Waals surface area contributed by atoms with Gasteiger partial charge in [0, 0.05) is 25.2 Å². The zero-order chi connectivity index (χ0) is 18.8. The van der Waals surface area contributed by atoms with Crippen molar-refractivity contribution < 1.29 is 9.18 Å². The number of aliphatic imine (C=N–C) groups is 1. The fourth-order valence-corrected chi connectivity index (χ4v) is 2.42. The van der Waals surface area contributed by atoms with Crippen molar-refractivity contribution in [2.24, 2.45) is 4.99 Å². The third-order valence-corrected chi connectivity index (χ3v) is 3.64. The van der Waals surface area contributed by atoms with E-state index in [1.165, 1.54) is 12.1 Å². The predicted molar refractivity (Wildman–Crippen MR) is 118 cm³/mol. The van der Waals surface area contributed by atoms with Gasteiger partial charge in [0.2, 0.25) is 0 Å². The van der Waals surface area contributed by atoms with Crippen LogP contribution in [-0.2, 0) is 13.1 Å². The summed E-state index contributed by atoms with van der Waals surface area (Å²) in [5.41, 5.74) is 2.42. The van der Waals surface area contributed by atoms with Gasteiger partial charge in [0.15, 0.2) is 5.96 Å². The maximum atomic E-state index is 13.3. The molecular weight excluding hydrogens is 458 g/mol. The normalized spacial score (nSPS) is 10.7. The molecule has 27 heavy (non-hydrogen) atoms. The molecule has 3 N–H and O–H groups in total. The molecule has 0 aliphatic rings. The Morgan fingerprint density at radius 2 is 1.67 bits per heavy atom. The lowest BCUT2D eigenvalue weighted by Crippen LogP contribution is -2.36. The second-order valence-electron chi connectivity index (χ2n) is 5.74. The van der Waals surface area contributed by atoms with E-state index in [1.807, 2.05) is 38.1 Å². The number of carbonyl (C=O) groups excluding carboxylic acids is 1. The summed E-state index contributed by atoms with van der Waals surface area (Å²) in [6, 6.07) is 13.9. The molecule has 146 valence electrons. The molecule has 2 rings (SSSR count). The molecule has 0 heterocycles. The van der Waals surface area contributed by atoms with Crippen LogP contribution in [0.4, 0.5) is 4.39 Å². The Bertz CT molecular complexity index is 767. The molecule has 0 saturated heterocycles. The summed E-state index contributed by atoms with van der Waals surface area (Å²) < 4.78 is 13.3. The van der Waals surface area contributed by atoms with Crippen LogP contribution in [0.5, 0.6) is 0 Å². The minimum absolute atomic E-state index is 0. The van der Waals surface area contributed by atoms with Gasteiger partial charge < -0.3 is 16.0 Å². The van der Waals surface area contributed by atoms with Crippen LogP contribution in [-0.4, -0.2) is 25.0 Å². The van der Waals surface area contributed by atoms with Gasteiger partial charge in [-0.2, -0.15) is 0 Å². The fourth-order valence-electron chi connectivity index (χ4n) is 2.42. The molecule has 5 nitrogen and oxygen atoms in total. The average molecular weight is 484 g/mol. The maximum absolute atomic E-state index is 13.3. The highest BCUT2D eigenvalue weighted by Crippen LogP contribution is 2.06. The molecular formula is C20H26FIN4O. The fraction of sp³-hybridized carbons (Fsp3) is 0.300. The van der Waals surface area contributed by atoms with Gasteiger partial charge in [-0.15, -0.1) is 24.0 Å². The van der Waals surface area contributed by atoms with Crippen molar-refractivity contribution in [3.05, 3.63) is 71.0 Å². The van der Waals surface area contributed by atoms with Crippen molar-refractivity contribution in [2.45, 2.75) is 26.9 Å². The molecule has 0 unspecified atom stereocenters. The lowest BCUT2D eigenvalue weighted by molar-refractivity contribution is 0.0955. The van der Waals surface area contributed by atoms with Crippen LogP contribution in [0.15, 0.2) is 53.5 Å². The summed E-state index contributed by atoms with van der Waals surface area (Å²) in [7, 11) is 0. The van der Waals surface area contributed by atoms with Crippen LogP contribution in [0.25, 0.3) is 0 Å². The zero-order valence-electron chi connectivity index (χ0n) is 15.6. The molecule has 0 aliphatic carbocycles. The number of amides is 1. The molecule has 0 spiro atoms. The summed E-state index contributed by atoms with van der Waals surface area (Å²) in [5, 5.41) is 9.19. The third-order valence-electron chi connectivity index (χ3n) is 3.64. The van der Waals surface area contributed by atoms with E-state index in [1.54, 1.807) is 12.1 Å². The van der Waals surface area contributed by atoms with Gasteiger partial charge in [-0.1, -0.05) is 24.3 Å². The summed E-state index contributed by atoms with van der Waals surface area (Å²) in [5.74, 6) is 0.291. The van der Waals surface area contributed by atoms with Gasteiger partial charge in [0.05, 0.1) is 6.54 Å². The lowest BCUT2D eigenvalue weighted by atomic mass is 10.1. The Hall–Kier alpha value is -2.16. The van der Waals surface area contributed by atoms with E-state index in [0.717, 1.165) is 11.1 Å². The van der Waals surface area contributed by atoms with Crippen LogP contribution < -0.4 is 16.0 Å².